The first kappa shape index (κ1) is 29.3. The Bertz CT molecular complexity index is 2770. The molecule has 9 aromatic rings. The average Bonchev–Trinajstić information content (AvgIpc) is 3.59. The molecule has 7 aromatic carbocycles. The normalized spacial score (nSPS) is 13.9. The first-order chi connectivity index (χ1) is 25.2. The smallest absolute Gasteiger partial charge is 0.164 e. The van der Waals surface area contributed by atoms with E-state index in [0.29, 0.717) is 11.6 Å². The standard InChI is InChI=1S/C47H31N3O/c1-4-12-30(13-5-1)35-24-22-32-20-21-33-23-25-36(27-40(33)39(32)26-35)46-48-45(34-16-8-3-9-17-34)49-47(50-46)41-28-37(31-14-6-2-7-15-31)29-43-44(41)38-18-10-11-19-42(38)51-43/h1-26,28-29,36H,27H2. The van der Waals surface area contributed by atoms with Crippen LogP contribution in [0.4, 0.5) is 0 Å². The summed E-state index contributed by atoms with van der Waals surface area (Å²) in [5, 5.41) is 4.54. The van der Waals surface area contributed by atoms with Gasteiger partial charge in [-0.3, -0.25) is 0 Å². The van der Waals surface area contributed by atoms with Crippen molar-refractivity contribution in [2.24, 2.45) is 0 Å². The van der Waals surface area contributed by atoms with Crippen molar-refractivity contribution in [2.75, 3.05) is 0 Å². The van der Waals surface area contributed by atoms with Crippen molar-refractivity contribution in [1.82, 2.24) is 15.0 Å². The van der Waals surface area contributed by atoms with Gasteiger partial charge in [0.05, 0.1) is 0 Å². The van der Waals surface area contributed by atoms with Crippen LogP contribution in [-0.2, 0) is 6.42 Å². The maximum absolute atomic E-state index is 6.48. The minimum absolute atomic E-state index is 0.0402. The van der Waals surface area contributed by atoms with E-state index in [1.165, 1.54) is 33.0 Å². The number of hydrogen-bond acceptors (Lipinski definition) is 4. The summed E-state index contributed by atoms with van der Waals surface area (Å²) in [5.74, 6) is 2.01. The number of furan rings is 1. The third-order valence-corrected chi connectivity index (χ3v) is 10.1. The fourth-order valence-corrected chi connectivity index (χ4v) is 7.50. The van der Waals surface area contributed by atoms with Crippen LogP contribution in [0.15, 0.2) is 168 Å². The molecule has 2 aromatic heterocycles. The van der Waals surface area contributed by atoms with Crippen molar-refractivity contribution in [1.29, 1.82) is 0 Å². The SMILES string of the molecule is C1=CC(c2nc(-c3ccccc3)nc(-c3cc(-c4ccccc4)cc4oc5ccccc5c34)n2)Cc2c1ccc1ccc(-c3ccccc3)cc21. The lowest BCUT2D eigenvalue weighted by molar-refractivity contribution is 0.669. The van der Waals surface area contributed by atoms with E-state index in [2.05, 4.69) is 133 Å². The number of hydrogen-bond donors (Lipinski definition) is 0. The lowest BCUT2D eigenvalue weighted by atomic mass is 9.85. The summed E-state index contributed by atoms with van der Waals surface area (Å²) in [6.07, 6.45) is 5.28. The van der Waals surface area contributed by atoms with Gasteiger partial charge in [-0.05, 0) is 74.8 Å². The lowest BCUT2D eigenvalue weighted by Gasteiger charge is -2.21. The van der Waals surface area contributed by atoms with Gasteiger partial charge in [-0.15, -0.1) is 0 Å². The van der Waals surface area contributed by atoms with Crippen LogP contribution in [0.25, 0.3) is 83.8 Å². The molecule has 0 amide bonds. The van der Waals surface area contributed by atoms with Gasteiger partial charge in [0, 0.05) is 27.8 Å². The molecule has 10 rings (SSSR count). The minimum Gasteiger partial charge on any atom is -0.456 e. The second kappa shape index (κ2) is 12.0. The van der Waals surface area contributed by atoms with E-state index in [1.807, 2.05) is 36.4 Å². The number of fused-ring (bicyclic) bond motifs is 6. The van der Waals surface area contributed by atoms with Gasteiger partial charge in [-0.25, -0.2) is 15.0 Å². The van der Waals surface area contributed by atoms with Gasteiger partial charge in [0.2, 0.25) is 0 Å². The maximum Gasteiger partial charge on any atom is 0.164 e. The van der Waals surface area contributed by atoms with Crippen LogP contribution in [0.5, 0.6) is 0 Å². The summed E-state index contributed by atoms with van der Waals surface area (Å²) in [4.78, 5) is 15.7. The van der Waals surface area contributed by atoms with E-state index in [9.17, 15) is 0 Å². The van der Waals surface area contributed by atoms with E-state index in [1.54, 1.807) is 0 Å². The zero-order valence-corrected chi connectivity index (χ0v) is 27.7. The summed E-state index contributed by atoms with van der Waals surface area (Å²) in [7, 11) is 0. The number of aromatic nitrogens is 3. The molecule has 240 valence electrons. The van der Waals surface area contributed by atoms with Gasteiger partial charge in [-0.2, -0.15) is 0 Å². The van der Waals surface area contributed by atoms with Gasteiger partial charge in [-0.1, -0.05) is 146 Å². The molecule has 51 heavy (non-hydrogen) atoms. The molecule has 4 heteroatoms. The van der Waals surface area contributed by atoms with Gasteiger partial charge < -0.3 is 4.42 Å². The quantitative estimate of drug-likeness (QED) is 0.185. The Balaban J connectivity index is 1.16. The fourth-order valence-electron chi connectivity index (χ4n) is 7.50. The molecule has 0 bridgehead atoms. The van der Waals surface area contributed by atoms with Gasteiger partial charge in [0.15, 0.2) is 11.6 Å². The predicted molar refractivity (Wildman–Crippen MR) is 208 cm³/mol. The number of benzene rings is 7. The highest BCUT2D eigenvalue weighted by molar-refractivity contribution is 6.13. The molecule has 0 fully saturated rings. The van der Waals surface area contributed by atoms with Crippen LogP contribution in [0.2, 0.25) is 0 Å². The summed E-state index contributed by atoms with van der Waals surface area (Å²) in [6, 6.07) is 55.0. The Labute approximate surface area is 295 Å². The van der Waals surface area contributed by atoms with E-state index in [0.717, 1.165) is 56.4 Å². The Morgan fingerprint density at radius 2 is 1.16 bits per heavy atom. The molecular weight excluding hydrogens is 623 g/mol. The molecule has 1 aliphatic rings. The van der Waals surface area contributed by atoms with Crippen LogP contribution < -0.4 is 0 Å². The summed E-state index contributed by atoms with van der Waals surface area (Å²) >= 11 is 0. The van der Waals surface area contributed by atoms with E-state index < -0.39 is 0 Å². The van der Waals surface area contributed by atoms with Crippen LogP contribution in [0.1, 0.15) is 22.9 Å². The minimum atomic E-state index is -0.0402. The average molecular weight is 654 g/mol. The summed E-state index contributed by atoms with van der Waals surface area (Å²) in [5.41, 5.74) is 10.7. The number of para-hydroxylation sites is 1. The fraction of sp³-hybridized carbons (Fsp3) is 0.0426. The topological polar surface area (TPSA) is 51.8 Å². The van der Waals surface area contributed by atoms with Gasteiger partial charge in [0.1, 0.15) is 17.0 Å². The van der Waals surface area contributed by atoms with Crippen molar-refractivity contribution >= 4 is 38.8 Å². The van der Waals surface area contributed by atoms with Crippen molar-refractivity contribution in [2.45, 2.75) is 12.3 Å². The molecule has 0 aliphatic heterocycles. The van der Waals surface area contributed by atoms with Crippen LogP contribution in [0, 0.1) is 0 Å². The molecule has 0 N–H and O–H groups in total. The molecular formula is C47H31N3O. The van der Waals surface area contributed by atoms with E-state index in [-0.39, 0.29) is 5.92 Å². The summed E-state index contributed by atoms with van der Waals surface area (Å²) in [6.45, 7) is 0. The first-order valence-corrected chi connectivity index (χ1v) is 17.4. The monoisotopic (exact) mass is 653 g/mol. The molecule has 0 saturated heterocycles. The second-order valence-electron chi connectivity index (χ2n) is 13.2. The van der Waals surface area contributed by atoms with Gasteiger partial charge in [0.25, 0.3) is 0 Å². The number of rotatable bonds is 5. The highest BCUT2D eigenvalue weighted by atomic mass is 16.3. The van der Waals surface area contributed by atoms with Crippen LogP contribution in [0.3, 0.4) is 0 Å². The van der Waals surface area contributed by atoms with Crippen LogP contribution in [-0.4, -0.2) is 15.0 Å². The zero-order valence-electron chi connectivity index (χ0n) is 27.7. The third kappa shape index (κ3) is 5.20. The van der Waals surface area contributed by atoms with E-state index in [4.69, 9.17) is 19.4 Å². The van der Waals surface area contributed by atoms with E-state index >= 15 is 0 Å². The number of allylic oxidation sites excluding steroid dienone is 1. The molecule has 0 spiro atoms. The molecule has 1 aliphatic carbocycles. The third-order valence-electron chi connectivity index (χ3n) is 10.1. The summed E-state index contributed by atoms with van der Waals surface area (Å²) < 4.78 is 6.48. The van der Waals surface area contributed by atoms with Crippen molar-refractivity contribution in [3.05, 3.63) is 181 Å². The lowest BCUT2D eigenvalue weighted by Crippen LogP contribution is -2.12. The highest BCUT2D eigenvalue weighted by Gasteiger charge is 2.24. The van der Waals surface area contributed by atoms with Gasteiger partial charge >= 0.3 is 0 Å². The Kier molecular flexibility index (Phi) is 6.91. The molecule has 4 nitrogen and oxygen atoms in total. The molecule has 0 radical (unpaired) electrons. The largest absolute Gasteiger partial charge is 0.456 e. The maximum atomic E-state index is 6.48. The zero-order chi connectivity index (χ0) is 33.7. The highest BCUT2D eigenvalue weighted by Crippen LogP contribution is 2.41. The van der Waals surface area contributed by atoms with Crippen LogP contribution >= 0.6 is 0 Å². The molecule has 1 atom stereocenters. The molecule has 2 heterocycles. The van der Waals surface area contributed by atoms with Crippen molar-refractivity contribution in [3.63, 3.8) is 0 Å². The Morgan fingerprint density at radius 1 is 0.490 bits per heavy atom. The Hall–Kier alpha value is -6.65. The molecule has 0 saturated carbocycles. The molecule has 1 unspecified atom stereocenters. The van der Waals surface area contributed by atoms with Crippen molar-refractivity contribution in [3.8, 4) is 45.0 Å². The number of nitrogens with zero attached hydrogens (tertiary/aromatic N) is 3. The predicted octanol–water partition coefficient (Wildman–Crippen LogP) is 11.9. The Morgan fingerprint density at radius 3 is 1.94 bits per heavy atom. The first-order valence-electron chi connectivity index (χ1n) is 17.4. The van der Waals surface area contributed by atoms with Crippen molar-refractivity contribution < 1.29 is 4.42 Å². The second-order valence-corrected chi connectivity index (χ2v) is 13.2.